The average molecular weight is 271 g/mol. The maximum Gasteiger partial charge on any atom is 0.0600 e. The van der Waals surface area contributed by atoms with E-state index >= 15 is 0 Å². The highest BCUT2D eigenvalue weighted by Crippen LogP contribution is 2.12. The minimum absolute atomic E-state index is 0.0176. The monoisotopic (exact) mass is 271 g/mol. The van der Waals surface area contributed by atoms with Crippen LogP contribution in [0.25, 0.3) is 0 Å². The second-order valence-electron chi connectivity index (χ2n) is 6.48. The predicted molar refractivity (Wildman–Crippen MR) is 81.5 cm³/mol. The summed E-state index contributed by atoms with van der Waals surface area (Å²) in [7, 11) is 0. The first-order chi connectivity index (χ1) is 8.96. The van der Waals surface area contributed by atoms with Crippen molar-refractivity contribution in [1.82, 2.24) is 9.80 Å². The first kappa shape index (κ1) is 16.9. The lowest BCUT2D eigenvalue weighted by molar-refractivity contribution is -0.0197. The van der Waals surface area contributed by atoms with E-state index in [-0.39, 0.29) is 5.60 Å². The van der Waals surface area contributed by atoms with E-state index < -0.39 is 0 Å². The van der Waals surface area contributed by atoms with Gasteiger partial charge in [-0.25, -0.2) is 0 Å². The van der Waals surface area contributed by atoms with Crippen LogP contribution in [0.15, 0.2) is 0 Å². The molecule has 1 rings (SSSR count). The van der Waals surface area contributed by atoms with Crippen molar-refractivity contribution in [3.05, 3.63) is 0 Å². The molecule has 1 atom stereocenters. The molecule has 0 aromatic carbocycles. The lowest BCUT2D eigenvalue weighted by Gasteiger charge is -2.39. The lowest BCUT2D eigenvalue weighted by atomic mass is 10.1. The van der Waals surface area contributed by atoms with Gasteiger partial charge in [0.15, 0.2) is 0 Å². The summed E-state index contributed by atoms with van der Waals surface area (Å²) in [6, 6.07) is 0.679. The van der Waals surface area contributed by atoms with Crippen molar-refractivity contribution in [2.75, 3.05) is 45.9 Å². The van der Waals surface area contributed by atoms with Crippen molar-refractivity contribution in [3.63, 3.8) is 0 Å². The smallest absolute Gasteiger partial charge is 0.0600 e. The molecular formula is C15H33N3O. The maximum atomic E-state index is 5.79. The van der Waals surface area contributed by atoms with Gasteiger partial charge in [0.1, 0.15) is 0 Å². The first-order valence-electron chi connectivity index (χ1n) is 7.76. The van der Waals surface area contributed by atoms with Crippen molar-refractivity contribution >= 4 is 0 Å². The van der Waals surface area contributed by atoms with Crippen LogP contribution in [0, 0.1) is 0 Å². The Morgan fingerprint density at radius 2 is 1.79 bits per heavy atom. The first-order valence-corrected chi connectivity index (χ1v) is 7.76. The van der Waals surface area contributed by atoms with Crippen LogP contribution >= 0.6 is 0 Å². The van der Waals surface area contributed by atoms with E-state index in [2.05, 4.69) is 37.5 Å². The molecule has 4 nitrogen and oxygen atoms in total. The molecule has 19 heavy (non-hydrogen) atoms. The molecule has 4 heteroatoms. The van der Waals surface area contributed by atoms with E-state index in [4.69, 9.17) is 10.5 Å². The van der Waals surface area contributed by atoms with Gasteiger partial charge in [0, 0.05) is 38.8 Å². The standard InChI is InChI=1S/C15H33N3O/c1-5-14(6-7-16)18-10-8-17(9-11-18)12-13-19-15(2,3)4/h14H,5-13,16H2,1-4H3. The Morgan fingerprint density at radius 3 is 2.26 bits per heavy atom. The molecule has 0 bridgehead atoms. The van der Waals surface area contributed by atoms with Crippen LogP contribution in [0.3, 0.4) is 0 Å². The highest BCUT2D eigenvalue weighted by atomic mass is 16.5. The van der Waals surface area contributed by atoms with E-state index in [1.165, 1.54) is 19.5 Å². The van der Waals surface area contributed by atoms with Crippen LogP contribution < -0.4 is 5.73 Å². The largest absolute Gasteiger partial charge is 0.375 e. The average Bonchev–Trinajstić information content (AvgIpc) is 2.35. The molecule has 0 aliphatic carbocycles. The number of hydrogen-bond donors (Lipinski definition) is 1. The molecule has 114 valence electrons. The van der Waals surface area contributed by atoms with E-state index in [0.29, 0.717) is 6.04 Å². The van der Waals surface area contributed by atoms with E-state index in [9.17, 15) is 0 Å². The van der Waals surface area contributed by atoms with Gasteiger partial charge in [-0.1, -0.05) is 6.92 Å². The normalized spacial score (nSPS) is 20.7. The third kappa shape index (κ3) is 6.70. The van der Waals surface area contributed by atoms with Gasteiger partial charge >= 0.3 is 0 Å². The minimum atomic E-state index is -0.0176. The van der Waals surface area contributed by atoms with Gasteiger partial charge in [0.2, 0.25) is 0 Å². The quantitative estimate of drug-likeness (QED) is 0.763. The molecule has 0 radical (unpaired) electrons. The summed E-state index contributed by atoms with van der Waals surface area (Å²) in [5, 5.41) is 0. The van der Waals surface area contributed by atoms with Crippen LogP contribution in [-0.2, 0) is 4.74 Å². The summed E-state index contributed by atoms with van der Waals surface area (Å²) >= 11 is 0. The zero-order valence-electron chi connectivity index (χ0n) is 13.3. The van der Waals surface area contributed by atoms with Crippen molar-refractivity contribution in [3.8, 4) is 0 Å². The number of nitrogens with two attached hydrogens (primary N) is 1. The van der Waals surface area contributed by atoms with E-state index in [1.54, 1.807) is 0 Å². The summed E-state index contributed by atoms with van der Waals surface area (Å²) in [6.07, 6.45) is 2.34. The molecule has 1 fully saturated rings. The molecule has 0 saturated carbocycles. The third-order valence-electron chi connectivity index (χ3n) is 3.84. The van der Waals surface area contributed by atoms with E-state index in [0.717, 1.165) is 39.2 Å². The van der Waals surface area contributed by atoms with Crippen molar-refractivity contribution < 1.29 is 4.74 Å². The molecule has 1 heterocycles. The number of piperazine rings is 1. The molecule has 0 spiro atoms. The Labute approximate surface area is 119 Å². The van der Waals surface area contributed by atoms with Gasteiger partial charge in [-0.05, 0) is 40.2 Å². The fourth-order valence-electron chi connectivity index (χ4n) is 2.67. The van der Waals surface area contributed by atoms with Gasteiger partial charge in [0.05, 0.1) is 12.2 Å². The van der Waals surface area contributed by atoms with Crippen molar-refractivity contribution in [2.24, 2.45) is 5.73 Å². The van der Waals surface area contributed by atoms with Crippen LogP contribution in [0.4, 0.5) is 0 Å². The predicted octanol–water partition coefficient (Wildman–Crippen LogP) is 1.55. The van der Waals surface area contributed by atoms with Crippen LogP contribution in [0.5, 0.6) is 0 Å². The molecule has 1 unspecified atom stereocenters. The third-order valence-corrected chi connectivity index (χ3v) is 3.84. The number of hydrogen-bond acceptors (Lipinski definition) is 4. The van der Waals surface area contributed by atoms with Gasteiger partial charge < -0.3 is 10.5 Å². The molecule has 1 aliphatic heterocycles. The minimum Gasteiger partial charge on any atom is -0.375 e. The number of nitrogens with zero attached hydrogens (tertiary/aromatic N) is 2. The summed E-state index contributed by atoms with van der Waals surface area (Å²) < 4.78 is 5.79. The Morgan fingerprint density at radius 1 is 1.16 bits per heavy atom. The van der Waals surface area contributed by atoms with Gasteiger partial charge in [-0.3, -0.25) is 9.80 Å². The van der Waals surface area contributed by atoms with Crippen molar-refractivity contribution in [2.45, 2.75) is 52.2 Å². The Hall–Kier alpha value is -0.160. The van der Waals surface area contributed by atoms with Crippen molar-refractivity contribution in [1.29, 1.82) is 0 Å². The highest BCUT2D eigenvalue weighted by Gasteiger charge is 2.22. The second kappa shape index (κ2) is 8.20. The zero-order valence-corrected chi connectivity index (χ0v) is 13.3. The Balaban J connectivity index is 2.21. The number of rotatable bonds is 7. The molecule has 2 N–H and O–H groups in total. The zero-order chi connectivity index (χ0) is 14.3. The van der Waals surface area contributed by atoms with Gasteiger partial charge in [-0.2, -0.15) is 0 Å². The molecule has 0 aromatic heterocycles. The fraction of sp³-hybridized carbons (Fsp3) is 1.00. The van der Waals surface area contributed by atoms with Gasteiger partial charge in [-0.15, -0.1) is 0 Å². The fourth-order valence-corrected chi connectivity index (χ4v) is 2.67. The van der Waals surface area contributed by atoms with Gasteiger partial charge in [0.25, 0.3) is 0 Å². The molecule has 1 aliphatic rings. The highest BCUT2D eigenvalue weighted by molar-refractivity contribution is 4.78. The maximum absolute atomic E-state index is 5.79. The number of ether oxygens (including phenoxy) is 1. The van der Waals surface area contributed by atoms with Crippen LogP contribution in [-0.4, -0.2) is 67.3 Å². The summed E-state index contributed by atoms with van der Waals surface area (Å²) in [6.45, 7) is 16.0. The van der Waals surface area contributed by atoms with Crippen LogP contribution in [0.2, 0.25) is 0 Å². The van der Waals surface area contributed by atoms with E-state index in [1.807, 2.05) is 0 Å². The summed E-state index contributed by atoms with van der Waals surface area (Å²) in [4.78, 5) is 5.12. The molecule has 1 saturated heterocycles. The molecular weight excluding hydrogens is 238 g/mol. The van der Waals surface area contributed by atoms with Crippen LogP contribution in [0.1, 0.15) is 40.5 Å². The summed E-state index contributed by atoms with van der Waals surface area (Å²) in [5.41, 5.74) is 5.67. The Bertz CT molecular complexity index is 232. The molecule has 0 aromatic rings. The summed E-state index contributed by atoms with van der Waals surface area (Å²) in [5.74, 6) is 0. The molecule has 0 amide bonds. The SMILES string of the molecule is CCC(CCN)N1CCN(CCOC(C)(C)C)CC1. The Kier molecular flexibility index (Phi) is 7.29. The second-order valence-corrected chi connectivity index (χ2v) is 6.48. The lowest BCUT2D eigenvalue weighted by Crippen LogP contribution is -2.51. The topological polar surface area (TPSA) is 41.7 Å².